The Hall–Kier alpha value is -1.10. The summed E-state index contributed by atoms with van der Waals surface area (Å²) in [5, 5.41) is 0. The van der Waals surface area contributed by atoms with Gasteiger partial charge < -0.3 is 14.2 Å². The Kier molecular flexibility index (Phi) is 4.39. The van der Waals surface area contributed by atoms with Crippen molar-refractivity contribution in [2.45, 2.75) is 32.5 Å². The van der Waals surface area contributed by atoms with Crippen LogP contribution >= 0.6 is 0 Å². The zero-order valence-corrected chi connectivity index (χ0v) is 8.15. The fraction of sp³-hybridized carbons (Fsp3) is 0.778. The molecule has 0 aliphatic carbocycles. The van der Waals surface area contributed by atoms with Gasteiger partial charge in [0.1, 0.15) is 0 Å². The van der Waals surface area contributed by atoms with Crippen molar-refractivity contribution in [2.75, 3.05) is 13.2 Å². The van der Waals surface area contributed by atoms with Crippen LogP contribution in [0.25, 0.3) is 0 Å². The molecule has 5 nitrogen and oxygen atoms in total. The molecule has 1 fully saturated rings. The lowest BCUT2D eigenvalue weighted by Gasteiger charge is -2.22. The summed E-state index contributed by atoms with van der Waals surface area (Å²) in [7, 11) is 0. The van der Waals surface area contributed by atoms with Crippen molar-refractivity contribution in [3.05, 3.63) is 0 Å². The second kappa shape index (κ2) is 5.59. The standard InChI is InChI=1S/C9H14O5/c1-7(10)13-6-8(11)14-9-4-2-3-5-12-9/h9H,2-6H2,1H3. The van der Waals surface area contributed by atoms with Gasteiger partial charge in [0.25, 0.3) is 0 Å². The maximum Gasteiger partial charge on any atom is 0.346 e. The van der Waals surface area contributed by atoms with Gasteiger partial charge in [-0.25, -0.2) is 4.79 Å². The van der Waals surface area contributed by atoms with Crippen molar-refractivity contribution >= 4 is 11.9 Å². The number of hydrogen-bond donors (Lipinski definition) is 0. The van der Waals surface area contributed by atoms with E-state index in [1.54, 1.807) is 0 Å². The highest BCUT2D eigenvalue weighted by molar-refractivity contribution is 5.75. The van der Waals surface area contributed by atoms with Crippen molar-refractivity contribution in [2.24, 2.45) is 0 Å². The van der Waals surface area contributed by atoms with E-state index in [4.69, 9.17) is 9.47 Å². The van der Waals surface area contributed by atoms with Crippen LogP contribution in [0, 0.1) is 0 Å². The topological polar surface area (TPSA) is 61.8 Å². The minimum absolute atomic E-state index is 0.338. The Morgan fingerprint density at radius 3 is 2.79 bits per heavy atom. The highest BCUT2D eigenvalue weighted by atomic mass is 16.7. The summed E-state index contributed by atoms with van der Waals surface area (Å²) in [6.45, 7) is 1.52. The summed E-state index contributed by atoms with van der Waals surface area (Å²) in [4.78, 5) is 21.4. The lowest BCUT2D eigenvalue weighted by Crippen LogP contribution is -2.27. The third-order valence-corrected chi connectivity index (χ3v) is 1.79. The van der Waals surface area contributed by atoms with Crippen LogP contribution in [0.3, 0.4) is 0 Å². The molecule has 0 N–H and O–H groups in total. The number of hydrogen-bond acceptors (Lipinski definition) is 5. The molecule has 0 amide bonds. The van der Waals surface area contributed by atoms with Crippen LogP contribution in [0.15, 0.2) is 0 Å². The van der Waals surface area contributed by atoms with Crippen LogP contribution in [-0.2, 0) is 23.8 Å². The average Bonchev–Trinajstić information content (AvgIpc) is 2.16. The van der Waals surface area contributed by atoms with Crippen LogP contribution in [0.5, 0.6) is 0 Å². The molecule has 1 aliphatic heterocycles. The molecule has 5 heteroatoms. The molecule has 1 unspecified atom stereocenters. The minimum Gasteiger partial charge on any atom is -0.454 e. The predicted molar refractivity (Wildman–Crippen MR) is 46.3 cm³/mol. The van der Waals surface area contributed by atoms with E-state index in [-0.39, 0.29) is 6.61 Å². The zero-order chi connectivity index (χ0) is 10.4. The lowest BCUT2D eigenvalue weighted by molar-refractivity contribution is -0.192. The van der Waals surface area contributed by atoms with Gasteiger partial charge in [0.05, 0.1) is 6.61 Å². The van der Waals surface area contributed by atoms with Gasteiger partial charge in [-0.3, -0.25) is 4.79 Å². The van der Waals surface area contributed by atoms with E-state index in [2.05, 4.69) is 4.74 Å². The van der Waals surface area contributed by atoms with Gasteiger partial charge in [-0.1, -0.05) is 0 Å². The molecule has 0 spiro atoms. The average molecular weight is 202 g/mol. The highest BCUT2D eigenvalue weighted by Gasteiger charge is 2.18. The first kappa shape index (κ1) is 11.0. The van der Waals surface area contributed by atoms with E-state index in [9.17, 15) is 9.59 Å². The molecule has 1 atom stereocenters. The number of rotatable bonds is 3. The van der Waals surface area contributed by atoms with Crippen LogP contribution in [0.1, 0.15) is 26.2 Å². The molecule has 0 aromatic heterocycles. The van der Waals surface area contributed by atoms with E-state index in [0.717, 1.165) is 12.8 Å². The van der Waals surface area contributed by atoms with E-state index in [1.165, 1.54) is 6.92 Å². The Morgan fingerprint density at radius 1 is 1.43 bits per heavy atom. The second-order valence-electron chi connectivity index (χ2n) is 3.07. The highest BCUT2D eigenvalue weighted by Crippen LogP contribution is 2.13. The van der Waals surface area contributed by atoms with Gasteiger partial charge in [0, 0.05) is 13.3 Å². The van der Waals surface area contributed by atoms with Crippen molar-refractivity contribution in [1.82, 2.24) is 0 Å². The van der Waals surface area contributed by atoms with Gasteiger partial charge in [0.15, 0.2) is 6.61 Å². The lowest BCUT2D eigenvalue weighted by atomic mass is 10.2. The van der Waals surface area contributed by atoms with Crippen LogP contribution in [-0.4, -0.2) is 31.4 Å². The predicted octanol–water partition coefficient (Wildman–Crippen LogP) is 0.619. The van der Waals surface area contributed by atoms with Crippen LogP contribution < -0.4 is 0 Å². The largest absolute Gasteiger partial charge is 0.454 e. The summed E-state index contributed by atoms with van der Waals surface area (Å²) in [5.74, 6) is -1.06. The molecular weight excluding hydrogens is 188 g/mol. The number of esters is 2. The molecule has 80 valence electrons. The Balaban J connectivity index is 2.15. The second-order valence-corrected chi connectivity index (χ2v) is 3.07. The normalized spacial score (nSPS) is 21.4. The molecule has 14 heavy (non-hydrogen) atoms. The first-order valence-electron chi connectivity index (χ1n) is 4.63. The molecule has 0 bridgehead atoms. The van der Waals surface area contributed by atoms with E-state index in [0.29, 0.717) is 13.0 Å². The van der Waals surface area contributed by atoms with E-state index < -0.39 is 18.2 Å². The molecule has 1 rings (SSSR count). The molecule has 1 saturated heterocycles. The van der Waals surface area contributed by atoms with Crippen LogP contribution in [0.2, 0.25) is 0 Å². The minimum atomic E-state index is -0.563. The Morgan fingerprint density at radius 2 is 2.21 bits per heavy atom. The summed E-state index contributed by atoms with van der Waals surface area (Å²) in [5.41, 5.74) is 0. The number of carbonyl (C=O) groups excluding carboxylic acids is 2. The van der Waals surface area contributed by atoms with E-state index >= 15 is 0 Å². The molecule has 0 aromatic rings. The molecule has 1 aliphatic rings. The summed E-state index contributed by atoms with van der Waals surface area (Å²) in [6.07, 6.45) is 2.24. The molecule has 1 heterocycles. The monoisotopic (exact) mass is 202 g/mol. The summed E-state index contributed by atoms with van der Waals surface area (Å²) >= 11 is 0. The first-order chi connectivity index (χ1) is 6.68. The van der Waals surface area contributed by atoms with Crippen molar-refractivity contribution in [3.8, 4) is 0 Å². The van der Waals surface area contributed by atoms with Crippen molar-refractivity contribution in [1.29, 1.82) is 0 Å². The molecular formula is C9H14O5. The number of ether oxygens (including phenoxy) is 3. The third kappa shape index (κ3) is 4.23. The van der Waals surface area contributed by atoms with Crippen molar-refractivity contribution < 1.29 is 23.8 Å². The van der Waals surface area contributed by atoms with Crippen molar-refractivity contribution in [3.63, 3.8) is 0 Å². The SMILES string of the molecule is CC(=O)OCC(=O)OC1CCCCO1. The molecule has 0 radical (unpaired) electrons. The molecule has 0 saturated carbocycles. The van der Waals surface area contributed by atoms with Gasteiger partial charge in [-0.15, -0.1) is 0 Å². The van der Waals surface area contributed by atoms with Gasteiger partial charge in [-0.05, 0) is 12.8 Å². The maximum absolute atomic E-state index is 11.0. The summed E-state index contributed by atoms with van der Waals surface area (Å²) < 4.78 is 14.6. The number of carbonyl (C=O) groups is 2. The fourth-order valence-electron chi connectivity index (χ4n) is 1.15. The third-order valence-electron chi connectivity index (χ3n) is 1.79. The Bertz CT molecular complexity index is 207. The zero-order valence-electron chi connectivity index (χ0n) is 8.15. The quantitative estimate of drug-likeness (QED) is 0.628. The first-order valence-corrected chi connectivity index (χ1v) is 4.63. The maximum atomic E-state index is 11.0. The Labute approximate surface area is 82.3 Å². The fourth-order valence-corrected chi connectivity index (χ4v) is 1.15. The van der Waals surface area contributed by atoms with Gasteiger partial charge in [-0.2, -0.15) is 0 Å². The molecule has 0 aromatic carbocycles. The smallest absolute Gasteiger partial charge is 0.346 e. The van der Waals surface area contributed by atoms with Crippen LogP contribution in [0.4, 0.5) is 0 Å². The van der Waals surface area contributed by atoms with E-state index in [1.807, 2.05) is 0 Å². The van der Waals surface area contributed by atoms with Gasteiger partial charge >= 0.3 is 11.9 Å². The van der Waals surface area contributed by atoms with Gasteiger partial charge in [0.2, 0.25) is 6.29 Å². The summed E-state index contributed by atoms with van der Waals surface area (Å²) in [6, 6.07) is 0.